The molecule has 5 nitrogen and oxygen atoms in total. The Hall–Kier alpha value is -3.72. The van der Waals surface area contributed by atoms with Crippen molar-refractivity contribution in [2.45, 2.75) is 4.90 Å². The molecule has 0 bridgehead atoms. The molecule has 0 aliphatic carbocycles. The van der Waals surface area contributed by atoms with E-state index in [9.17, 15) is 26.4 Å². The molecule has 1 heterocycles. The van der Waals surface area contributed by atoms with Crippen LogP contribution in [0.2, 0.25) is 0 Å². The van der Waals surface area contributed by atoms with E-state index in [0.29, 0.717) is 11.1 Å². The van der Waals surface area contributed by atoms with Crippen molar-refractivity contribution < 1.29 is 21.6 Å². The van der Waals surface area contributed by atoms with E-state index in [4.69, 9.17) is 0 Å². The van der Waals surface area contributed by atoms with Crippen molar-refractivity contribution in [3.05, 3.63) is 94.5 Å². The molecule has 0 radical (unpaired) electrons. The number of halogens is 3. The van der Waals surface area contributed by atoms with Gasteiger partial charge in [-0.2, -0.15) is 5.10 Å². The second-order valence-electron chi connectivity index (χ2n) is 7.08. The van der Waals surface area contributed by atoms with Crippen LogP contribution < -0.4 is 5.56 Å². The first-order chi connectivity index (χ1) is 15.1. The number of hydrogen-bond acceptors (Lipinski definition) is 4. The fraction of sp³-hybridized carbons (Fsp3) is 0.0435. The molecule has 0 aliphatic rings. The van der Waals surface area contributed by atoms with Crippen LogP contribution in [-0.4, -0.2) is 24.9 Å². The zero-order valence-corrected chi connectivity index (χ0v) is 17.4. The van der Waals surface area contributed by atoms with Crippen molar-refractivity contribution in [2.24, 2.45) is 0 Å². The molecule has 9 heteroatoms. The highest BCUT2D eigenvalue weighted by Crippen LogP contribution is 2.37. The van der Waals surface area contributed by atoms with Crippen molar-refractivity contribution >= 4 is 9.84 Å². The van der Waals surface area contributed by atoms with Crippen LogP contribution in [0.4, 0.5) is 13.2 Å². The Morgan fingerprint density at radius 1 is 0.750 bits per heavy atom. The van der Waals surface area contributed by atoms with E-state index in [-0.39, 0.29) is 27.3 Å². The first-order valence-electron chi connectivity index (χ1n) is 9.29. The highest BCUT2D eigenvalue weighted by atomic mass is 32.2. The lowest BCUT2D eigenvalue weighted by atomic mass is 9.92. The fourth-order valence-electron chi connectivity index (χ4n) is 3.34. The predicted molar refractivity (Wildman–Crippen MR) is 114 cm³/mol. The molecular weight excluding hydrogens is 441 g/mol. The van der Waals surface area contributed by atoms with Gasteiger partial charge in [0.1, 0.15) is 5.82 Å². The third-order valence-electron chi connectivity index (χ3n) is 4.88. The zero-order chi connectivity index (χ0) is 23.0. The van der Waals surface area contributed by atoms with E-state index < -0.39 is 32.8 Å². The Bertz CT molecular complexity index is 1480. The Balaban J connectivity index is 2.05. The Morgan fingerprint density at radius 2 is 1.31 bits per heavy atom. The quantitative estimate of drug-likeness (QED) is 0.487. The van der Waals surface area contributed by atoms with Gasteiger partial charge < -0.3 is 0 Å². The van der Waals surface area contributed by atoms with Gasteiger partial charge in [0.15, 0.2) is 21.5 Å². The molecule has 4 rings (SSSR count). The second-order valence-corrected chi connectivity index (χ2v) is 9.10. The molecule has 0 fully saturated rings. The molecule has 0 saturated heterocycles. The molecule has 0 aliphatic heterocycles. The Morgan fingerprint density at radius 3 is 1.91 bits per heavy atom. The minimum absolute atomic E-state index is 0.0664. The molecule has 162 valence electrons. The second kappa shape index (κ2) is 8.08. The van der Waals surface area contributed by atoms with Gasteiger partial charge in [-0.15, -0.1) is 0 Å². The summed E-state index contributed by atoms with van der Waals surface area (Å²) >= 11 is 0. The number of benzene rings is 3. The highest BCUT2D eigenvalue weighted by Gasteiger charge is 2.21. The minimum Gasteiger partial charge on any atom is -0.267 e. The number of hydrogen-bond donors (Lipinski definition) is 1. The van der Waals surface area contributed by atoms with Gasteiger partial charge in [0.25, 0.3) is 5.56 Å². The maximum atomic E-state index is 13.9. The van der Waals surface area contributed by atoms with Gasteiger partial charge in [0, 0.05) is 17.4 Å². The number of aromatic nitrogens is 2. The molecule has 32 heavy (non-hydrogen) atoms. The molecule has 4 aromatic rings. The molecule has 3 aromatic carbocycles. The topological polar surface area (TPSA) is 79.9 Å². The summed E-state index contributed by atoms with van der Waals surface area (Å²) in [5, 5.41) is 6.40. The van der Waals surface area contributed by atoms with Crippen LogP contribution >= 0.6 is 0 Å². The van der Waals surface area contributed by atoms with Crippen LogP contribution in [0.3, 0.4) is 0 Å². The van der Waals surface area contributed by atoms with E-state index >= 15 is 0 Å². The largest absolute Gasteiger partial charge is 0.272 e. The van der Waals surface area contributed by atoms with Crippen LogP contribution in [0.15, 0.2) is 76.4 Å². The third kappa shape index (κ3) is 4.06. The predicted octanol–water partition coefficient (Wildman–Crippen LogP) is 4.59. The van der Waals surface area contributed by atoms with E-state index in [1.807, 2.05) is 0 Å². The van der Waals surface area contributed by atoms with Crippen LogP contribution in [0.5, 0.6) is 0 Å². The number of rotatable bonds is 4. The number of nitrogens with zero attached hydrogens (tertiary/aromatic N) is 1. The fourth-order valence-corrected chi connectivity index (χ4v) is 3.98. The molecule has 0 saturated carbocycles. The number of nitrogens with one attached hydrogen (secondary N) is 1. The van der Waals surface area contributed by atoms with Crippen molar-refractivity contribution in [1.29, 1.82) is 0 Å². The zero-order valence-electron chi connectivity index (χ0n) is 16.6. The molecular formula is C23H15F3N2O3S. The summed E-state index contributed by atoms with van der Waals surface area (Å²) in [6.45, 7) is 0. The van der Waals surface area contributed by atoms with Gasteiger partial charge in [-0.1, -0.05) is 24.3 Å². The maximum absolute atomic E-state index is 13.9. The third-order valence-corrected chi connectivity index (χ3v) is 6.01. The summed E-state index contributed by atoms with van der Waals surface area (Å²) in [5.41, 5.74) is 0.875. The van der Waals surface area contributed by atoms with Gasteiger partial charge in [-0.3, -0.25) is 4.79 Å². The standard InChI is InChI=1S/C23H15F3N2O3S/c1-32(30,31)17-9-4-13(5-10-17)20-21(14-2-7-16(24)8-3-14)23(29)28-27-22(20)15-6-11-18(25)19(26)12-15/h2-12H,1H3,(H,28,29). The SMILES string of the molecule is CS(=O)(=O)c1ccc(-c2c(-c3ccc(F)c(F)c3)n[nH]c(=O)c2-c2ccc(F)cc2)cc1. The minimum atomic E-state index is -3.47. The molecule has 0 atom stereocenters. The van der Waals surface area contributed by atoms with Crippen molar-refractivity contribution in [2.75, 3.05) is 6.26 Å². The van der Waals surface area contributed by atoms with Gasteiger partial charge in [0.05, 0.1) is 16.2 Å². The maximum Gasteiger partial charge on any atom is 0.272 e. The van der Waals surface area contributed by atoms with Gasteiger partial charge in [-0.25, -0.2) is 26.7 Å². The van der Waals surface area contributed by atoms with Gasteiger partial charge >= 0.3 is 0 Å². The van der Waals surface area contributed by atoms with E-state index in [0.717, 1.165) is 18.4 Å². The number of H-pyrrole nitrogens is 1. The average Bonchev–Trinajstić information content (AvgIpc) is 2.76. The Labute approximate surface area is 181 Å². The van der Waals surface area contributed by atoms with E-state index in [1.165, 1.54) is 54.6 Å². The summed E-state index contributed by atoms with van der Waals surface area (Å²) in [6.07, 6.45) is 1.06. The average molecular weight is 456 g/mol. The molecule has 0 amide bonds. The van der Waals surface area contributed by atoms with Crippen molar-refractivity contribution in [3.63, 3.8) is 0 Å². The Kier molecular flexibility index (Phi) is 5.43. The van der Waals surface area contributed by atoms with Crippen LogP contribution in [0.1, 0.15) is 0 Å². The van der Waals surface area contributed by atoms with E-state index in [1.54, 1.807) is 0 Å². The van der Waals surface area contributed by atoms with Crippen LogP contribution in [0.25, 0.3) is 33.5 Å². The summed E-state index contributed by atoms with van der Waals surface area (Å²) < 4.78 is 64.6. The molecule has 1 aromatic heterocycles. The summed E-state index contributed by atoms with van der Waals surface area (Å²) in [4.78, 5) is 12.9. The smallest absolute Gasteiger partial charge is 0.267 e. The summed E-state index contributed by atoms with van der Waals surface area (Å²) in [5.74, 6) is -2.65. The lowest BCUT2D eigenvalue weighted by molar-refractivity contribution is 0.509. The van der Waals surface area contributed by atoms with Crippen molar-refractivity contribution in [1.82, 2.24) is 10.2 Å². The molecule has 1 N–H and O–H groups in total. The van der Waals surface area contributed by atoms with Gasteiger partial charge in [0.2, 0.25) is 0 Å². The molecule has 0 unspecified atom stereocenters. The molecule has 0 spiro atoms. The van der Waals surface area contributed by atoms with Gasteiger partial charge in [-0.05, 0) is 53.6 Å². The van der Waals surface area contributed by atoms with E-state index in [2.05, 4.69) is 10.2 Å². The summed E-state index contributed by atoms with van der Waals surface area (Å²) in [7, 11) is -3.47. The lowest BCUT2D eigenvalue weighted by Crippen LogP contribution is -2.14. The highest BCUT2D eigenvalue weighted by molar-refractivity contribution is 7.90. The first-order valence-corrected chi connectivity index (χ1v) is 11.2. The number of sulfone groups is 1. The first kappa shape index (κ1) is 21.5. The summed E-state index contributed by atoms with van der Waals surface area (Å²) in [6, 6.07) is 14.1. The van der Waals surface area contributed by atoms with Crippen molar-refractivity contribution in [3.8, 4) is 33.5 Å². The normalized spacial score (nSPS) is 11.5. The van der Waals surface area contributed by atoms with Crippen LogP contribution in [0, 0.1) is 17.5 Å². The van der Waals surface area contributed by atoms with Crippen LogP contribution in [-0.2, 0) is 9.84 Å². The number of aromatic amines is 1. The monoisotopic (exact) mass is 456 g/mol. The lowest BCUT2D eigenvalue weighted by Gasteiger charge is -2.15.